The van der Waals surface area contributed by atoms with Crippen LogP contribution in [0.3, 0.4) is 0 Å². The number of hydrogen-bond donors (Lipinski definition) is 0. The molecular weight excluding hydrogens is 188 g/mol. The zero-order valence-electron chi connectivity index (χ0n) is 10.6. The third-order valence-electron chi connectivity index (χ3n) is 2.58. The van der Waals surface area contributed by atoms with Gasteiger partial charge in [0.1, 0.15) is 0 Å². The molecule has 0 saturated carbocycles. The van der Waals surface area contributed by atoms with E-state index in [0.717, 1.165) is 37.7 Å². The van der Waals surface area contributed by atoms with Crippen molar-refractivity contribution in [1.82, 2.24) is 0 Å². The molecule has 0 aromatic carbocycles. The van der Waals surface area contributed by atoms with Gasteiger partial charge in [-0.1, -0.05) is 32.3 Å². The van der Waals surface area contributed by atoms with E-state index in [4.69, 9.17) is 4.74 Å². The van der Waals surface area contributed by atoms with Crippen molar-refractivity contribution in [1.29, 1.82) is 0 Å². The fourth-order valence-electron chi connectivity index (χ4n) is 1.22. The largest absolute Gasteiger partial charge is 0.462 e. The number of allylic oxidation sites excluding steroid dienone is 1. The average Bonchev–Trinajstić information content (AvgIpc) is 2.24. The number of rotatable bonds is 7. The number of carbonyl (C=O) groups excluding carboxylic acids is 1. The summed E-state index contributed by atoms with van der Waals surface area (Å²) in [6.45, 7) is 8.67. The van der Waals surface area contributed by atoms with Crippen molar-refractivity contribution in [3.63, 3.8) is 0 Å². The molecule has 0 atom stereocenters. The van der Waals surface area contributed by atoms with Crippen LogP contribution >= 0.6 is 0 Å². The van der Waals surface area contributed by atoms with E-state index in [1.54, 1.807) is 0 Å². The average molecular weight is 212 g/mol. The molecule has 0 amide bonds. The van der Waals surface area contributed by atoms with Gasteiger partial charge in [-0.05, 0) is 33.1 Å². The summed E-state index contributed by atoms with van der Waals surface area (Å²) in [5, 5.41) is 0. The molecule has 0 bridgehead atoms. The van der Waals surface area contributed by atoms with Crippen molar-refractivity contribution < 1.29 is 9.53 Å². The summed E-state index contributed by atoms with van der Waals surface area (Å²) < 4.78 is 5.15. The highest BCUT2D eigenvalue weighted by molar-refractivity contribution is 5.88. The Kier molecular flexibility index (Phi) is 8.06. The number of hydrogen-bond acceptors (Lipinski definition) is 2. The Bertz CT molecular complexity index is 217. The molecule has 0 aliphatic heterocycles. The Labute approximate surface area is 93.7 Å². The van der Waals surface area contributed by atoms with E-state index in [0.29, 0.717) is 6.61 Å². The third kappa shape index (κ3) is 6.32. The number of ether oxygens (including phenoxy) is 1. The molecule has 15 heavy (non-hydrogen) atoms. The van der Waals surface area contributed by atoms with Crippen LogP contribution in [0.4, 0.5) is 0 Å². The molecule has 0 aromatic heterocycles. The summed E-state index contributed by atoms with van der Waals surface area (Å²) in [5.41, 5.74) is 1.96. The highest BCUT2D eigenvalue weighted by atomic mass is 16.5. The van der Waals surface area contributed by atoms with Crippen LogP contribution in [0.25, 0.3) is 0 Å². The molecule has 2 heteroatoms. The zero-order valence-corrected chi connectivity index (χ0v) is 10.6. The minimum absolute atomic E-state index is 0.142. The van der Waals surface area contributed by atoms with E-state index >= 15 is 0 Å². The number of unbranched alkanes of at least 4 members (excludes halogenated alkanes) is 2. The van der Waals surface area contributed by atoms with Crippen molar-refractivity contribution in [2.75, 3.05) is 6.61 Å². The highest BCUT2D eigenvalue weighted by Crippen LogP contribution is 2.13. The first-order valence-electron chi connectivity index (χ1n) is 5.96. The first-order valence-corrected chi connectivity index (χ1v) is 5.96. The van der Waals surface area contributed by atoms with Crippen LogP contribution in [-0.2, 0) is 9.53 Å². The van der Waals surface area contributed by atoms with Crippen LogP contribution in [0, 0.1) is 0 Å². The summed E-state index contributed by atoms with van der Waals surface area (Å²) in [6, 6.07) is 0. The summed E-state index contributed by atoms with van der Waals surface area (Å²) in [7, 11) is 0. The molecule has 0 fully saturated rings. The van der Waals surface area contributed by atoms with Crippen molar-refractivity contribution in [2.24, 2.45) is 0 Å². The summed E-state index contributed by atoms with van der Waals surface area (Å²) in [5.74, 6) is -0.142. The van der Waals surface area contributed by atoms with Gasteiger partial charge in [-0.25, -0.2) is 4.79 Å². The zero-order chi connectivity index (χ0) is 11.7. The Hall–Kier alpha value is -0.790. The Balaban J connectivity index is 4.03. The van der Waals surface area contributed by atoms with Gasteiger partial charge in [-0.2, -0.15) is 0 Å². The van der Waals surface area contributed by atoms with Gasteiger partial charge in [0.05, 0.1) is 6.61 Å². The van der Waals surface area contributed by atoms with Gasteiger partial charge in [0.15, 0.2) is 0 Å². The van der Waals surface area contributed by atoms with Gasteiger partial charge < -0.3 is 4.74 Å². The second-order valence-electron chi connectivity index (χ2n) is 4.00. The van der Waals surface area contributed by atoms with Crippen LogP contribution in [0.5, 0.6) is 0 Å². The van der Waals surface area contributed by atoms with Crippen molar-refractivity contribution in [3.8, 4) is 0 Å². The minimum Gasteiger partial charge on any atom is -0.462 e. The van der Waals surface area contributed by atoms with Crippen LogP contribution in [0.2, 0.25) is 0 Å². The molecule has 88 valence electrons. The second-order valence-corrected chi connectivity index (χ2v) is 4.00. The van der Waals surface area contributed by atoms with Gasteiger partial charge in [-0.15, -0.1) is 0 Å². The molecule has 0 saturated heterocycles. The summed E-state index contributed by atoms with van der Waals surface area (Å²) >= 11 is 0. The molecule has 0 radical (unpaired) electrons. The Morgan fingerprint density at radius 1 is 1.07 bits per heavy atom. The van der Waals surface area contributed by atoms with Gasteiger partial charge in [0.2, 0.25) is 0 Å². The molecule has 0 N–H and O–H groups in total. The second kappa shape index (κ2) is 8.51. The topological polar surface area (TPSA) is 26.3 Å². The molecule has 0 rings (SSSR count). The highest BCUT2D eigenvalue weighted by Gasteiger charge is 2.08. The lowest BCUT2D eigenvalue weighted by Crippen LogP contribution is -2.08. The van der Waals surface area contributed by atoms with Crippen LogP contribution in [0.15, 0.2) is 11.1 Å². The minimum atomic E-state index is -0.142. The SMILES string of the molecule is CCCCOC(=O)C(C)=C(C)CCCC. The lowest BCUT2D eigenvalue weighted by Gasteiger charge is -2.07. The monoisotopic (exact) mass is 212 g/mol. The standard InChI is InChI=1S/C13H24O2/c1-5-7-9-11(3)12(4)13(14)15-10-8-6-2/h5-10H2,1-4H3. The molecule has 0 aromatic rings. The predicted octanol–water partition coefficient (Wildman–Crippen LogP) is 3.86. The van der Waals surface area contributed by atoms with E-state index in [1.807, 2.05) is 13.8 Å². The Morgan fingerprint density at radius 2 is 1.67 bits per heavy atom. The first-order chi connectivity index (χ1) is 7.13. The van der Waals surface area contributed by atoms with Gasteiger partial charge in [-0.3, -0.25) is 0 Å². The van der Waals surface area contributed by atoms with E-state index < -0.39 is 0 Å². The molecule has 0 aliphatic rings. The smallest absolute Gasteiger partial charge is 0.333 e. The lowest BCUT2D eigenvalue weighted by atomic mass is 10.1. The van der Waals surface area contributed by atoms with E-state index in [2.05, 4.69) is 13.8 Å². The van der Waals surface area contributed by atoms with Crippen LogP contribution in [-0.4, -0.2) is 12.6 Å². The quantitative estimate of drug-likeness (QED) is 0.364. The Morgan fingerprint density at radius 3 is 2.20 bits per heavy atom. The van der Waals surface area contributed by atoms with Gasteiger partial charge in [0.25, 0.3) is 0 Å². The van der Waals surface area contributed by atoms with E-state index in [1.165, 1.54) is 5.57 Å². The van der Waals surface area contributed by atoms with Crippen molar-refractivity contribution >= 4 is 5.97 Å². The van der Waals surface area contributed by atoms with E-state index in [9.17, 15) is 4.79 Å². The maximum Gasteiger partial charge on any atom is 0.333 e. The fraction of sp³-hybridized carbons (Fsp3) is 0.769. The van der Waals surface area contributed by atoms with Gasteiger partial charge >= 0.3 is 5.97 Å². The first kappa shape index (κ1) is 14.2. The van der Waals surface area contributed by atoms with Crippen molar-refractivity contribution in [3.05, 3.63) is 11.1 Å². The molecule has 0 unspecified atom stereocenters. The fourth-order valence-corrected chi connectivity index (χ4v) is 1.22. The number of esters is 1. The molecule has 0 aliphatic carbocycles. The molecule has 2 nitrogen and oxygen atoms in total. The summed E-state index contributed by atoms with van der Waals surface area (Å²) in [6.07, 6.45) is 5.32. The maximum atomic E-state index is 11.5. The predicted molar refractivity (Wildman–Crippen MR) is 63.8 cm³/mol. The van der Waals surface area contributed by atoms with Crippen molar-refractivity contribution in [2.45, 2.75) is 59.8 Å². The molecular formula is C13H24O2. The summed E-state index contributed by atoms with van der Waals surface area (Å²) in [4.78, 5) is 11.5. The maximum absolute atomic E-state index is 11.5. The van der Waals surface area contributed by atoms with Crippen LogP contribution < -0.4 is 0 Å². The van der Waals surface area contributed by atoms with Crippen LogP contribution in [0.1, 0.15) is 59.8 Å². The molecule has 0 heterocycles. The molecule has 0 spiro atoms. The normalized spacial score (nSPS) is 12.3. The lowest BCUT2D eigenvalue weighted by molar-refractivity contribution is -0.139. The third-order valence-corrected chi connectivity index (χ3v) is 2.58. The van der Waals surface area contributed by atoms with Gasteiger partial charge in [0, 0.05) is 5.57 Å². The van der Waals surface area contributed by atoms with E-state index in [-0.39, 0.29) is 5.97 Å². The number of carbonyl (C=O) groups is 1.